The normalized spacial score (nSPS) is 9.32. The van der Waals surface area contributed by atoms with Crippen LogP contribution in [0.2, 0.25) is 0 Å². The second-order valence-corrected chi connectivity index (χ2v) is 8.20. The third-order valence-electron chi connectivity index (χ3n) is 5.90. The molecule has 6 aromatic rings. The maximum atomic E-state index is 3.72. The standard InChI is InChI=1S/2C13H9.C6H13.CH3.2ClH.Si.Zr/c2*1-3-7-12-10(5-1)9-11-6-2-4-8-13(11)12;1-3-5-6-4-2;;;;;/h2*1-9H;1,3-6H2,2H3;1H3;2*1H;;/q4*-1;;;;. The number of rotatable bonds is 3. The van der Waals surface area contributed by atoms with E-state index in [4.69, 9.17) is 0 Å². The SMILES string of the molecule is Cl.Cl.[CH2-]CCCCC.[CH3-].[Si]=[Zr].c1ccc2c(c1)[cH-]c1ccccc12.c1ccc2c(c1)[cH-]c1ccccc12. The zero-order valence-corrected chi connectivity index (χ0v) is 26.8. The molecule has 0 aliphatic carbocycles. The third-order valence-corrected chi connectivity index (χ3v) is 5.90. The van der Waals surface area contributed by atoms with Gasteiger partial charge < -0.3 is 14.4 Å². The average molecular weight is 623 g/mol. The number of fused-ring (bicyclic) bond motifs is 6. The van der Waals surface area contributed by atoms with E-state index in [1.165, 1.54) is 85.7 Å². The summed E-state index contributed by atoms with van der Waals surface area (Å²) >= 11 is 1.36. The van der Waals surface area contributed by atoms with E-state index in [0.717, 1.165) is 6.42 Å². The Hall–Kier alpha value is -1.70. The smallest absolute Gasteiger partial charge is 0.0771 e. The molecule has 6 aromatic carbocycles. The van der Waals surface area contributed by atoms with Crippen molar-refractivity contribution in [1.82, 2.24) is 0 Å². The van der Waals surface area contributed by atoms with Crippen LogP contribution in [-0.4, -0.2) is 6.88 Å². The predicted molar refractivity (Wildman–Crippen MR) is 170 cm³/mol. The fourth-order valence-corrected chi connectivity index (χ4v) is 4.23. The molecule has 0 nitrogen and oxygen atoms in total. The Morgan fingerprint density at radius 3 is 1.05 bits per heavy atom. The monoisotopic (exact) mass is 620 g/mol. The predicted octanol–water partition coefficient (Wildman–Crippen LogP) is 10.7. The Bertz CT molecular complexity index is 1220. The first-order valence-electron chi connectivity index (χ1n) is 11.9. The van der Waals surface area contributed by atoms with E-state index in [9.17, 15) is 0 Å². The van der Waals surface area contributed by atoms with Crippen LogP contribution in [0.4, 0.5) is 0 Å². The summed E-state index contributed by atoms with van der Waals surface area (Å²) in [5.74, 6) is 0. The maximum absolute atomic E-state index is 3.72. The average Bonchev–Trinajstić information content (AvgIpc) is 3.48. The van der Waals surface area contributed by atoms with Crippen LogP contribution >= 0.6 is 24.8 Å². The minimum Gasteiger partial charge on any atom is -0.126 e. The fourth-order valence-electron chi connectivity index (χ4n) is 4.23. The molecule has 0 N–H and O–H groups in total. The van der Waals surface area contributed by atoms with Gasteiger partial charge in [0.2, 0.25) is 0 Å². The van der Waals surface area contributed by atoms with Crippen molar-refractivity contribution in [1.29, 1.82) is 0 Å². The second-order valence-electron chi connectivity index (χ2n) is 8.20. The van der Waals surface area contributed by atoms with E-state index in [2.05, 4.69) is 130 Å². The first-order valence-corrected chi connectivity index (χ1v) is 16.1. The van der Waals surface area contributed by atoms with Crippen molar-refractivity contribution in [2.45, 2.75) is 32.6 Å². The molecule has 194 valence electrons. The molecule has 0 saturated carbocycles. The Balaban J connectivity index is 0.000000518. The van der Waals surface area contributed by atoms with Crippen molar-refractivity contribution in [3.05, 3.63) is 124 Å². The van der Waals surface area contributed by atoms with Crippen LogP contribution in [-0.2, 0) is 23.3 Å². The van der Waals surface area contributed by atoms with Crippen LogP contribution in [0, 0.1) is 14.4 Å². The number of hydrogen-bond acceptors (Lipinski definition) is 0. The van der Waals surface area contributed by atoms with Gasteiger partial charge >= 0.3 is 30.2 Å². The molecule has 37 heavy (non-hydrogen) atoms. The maximum Gasteiger partial charge on any atom is -0.0771 e. The van der Waals surface area contributed by atoms with Crippen LogP contribution in [0.3, 0.4) is 0 Å². The van der Waals surface area contributed by atoms with Crippen molar-refractivity contribution >= 4 is 74.8 Å². The molecule has 4 heteroatoms. The van der Waals surface area contributed by atoms with Gasteiger partial charge in [-0.15, -0.1) is 104 Å². The summed E-state index contributed by atoms with van der Waals surface area (Å²) in [5, 5.41) is 10.8. The molecular weight excluding hydrogens is 587 g/mol. The molecular formula is C33H36Cl2SiZr-4. The summed E-state index contributed by atoms with van der Waals surface area (Å²) in [4.78, 5) is 0. The number of unbranched alkanes of at least 4 members (excludes halogenated alkanes) is 3. The van der Waals surface area contributed by atoms with Crippen LogP contribution in [0.25, 0.3) is 43.1 Å². The van der Waals surface area contributed by atoms with Gasteiger partial charge in [0, 0.05) is 0 Å². The third kappa shape index (κ3) is 9.52. The molecule has 0 bridgehead atoms. The van der Waals surface area contributed by atoms with Gasteiger partial charge in [-0.3, -0.25) is 0 Å². The second kappa shape index (κ2) is 19.4. The largest absolute Gasteiger partial charge is 0.126 e. The molecule has 0 unspecified atom stereocenters. The minimum absolute atomic E-state index is 0. The summed E-state index contributed by atoms with van der Waals surface area (Å²) in [5.41, 5.74) is 0. The number of hydrogen-bond donors (Lipinski definition) is 0. The van der Waals surface area contributed by atoms with Gasteiger partial charge in [-0.1, -0.05) is 99.0 Å². The first-order chi connectivity index (χ1) is 16.8. The molecule has 2 radical (unpaired) electrons. The summed E-state index contributed by atoms with van der Waals surface area (Å²) in [6.07, 6.45) is 5.07. The first kappa shape index (κ1) is 35.3. The van der Waals surface area contributed by atoms with Crippen LogP contribution in [0.15, 0.2) is 109 Å². The van der Waals surface area contributed by atoms with Crippen molar-refractivity contribution in [2.75, 3.05) is 0 Å². The zero-order chi connectivity index (χ0) is 24.2. The quantitative estimate of drug-likeness (QED) is 0.105. The fraction of sp³-hybridized carbons (Fsp3) is 0.152. The molecule has 0 saturated heterocycles. The van der Waals surface area contributed by atoms with E-state index in [1.54, 1.807) is 0 Å². The van der Waals surface area contributed by atoms with E-state index in [1.807, 2.05) is 0 Å². The summed E-state index contributed by atoms with van der Waals surface area (Å²) < 4.78 is 0. The van der Waals surface area contributed by atoms with Gasteiger partial charge in [-0.25, -0.2) is 0 Å². The Morgan fingerprint density at radius 2 is 0.838 bits per heavy atom. The molecule has 6 rings (SSSR count). The number of benzene rings is 4. The summed E-state index contributed by atoms with van der Waals surface area (Å²) in [6.45, 7) is 8.99. The molecule has 0 amide bonds. The Kier molecular flexibility index (Phi) is 18.5. The minimum atomic E-state index is 0. The van der Waals surface area contributed by atoms with E-state index in [-0.39, 0.29) is 32.2 Å². The molecule has 0 spiro atoms. The van der Waals surface area contributed by atoms with Crippen molar-refractivity contribution in [3.63, 3.8) is 0 Å². The molecule has 0 fully saturated rings. The Labute approximate surface area is 252 Å². The van der Waals surface area contributed by atoms with Gasteiger partial charge in [-0.05, 0) is 0 Å². The van der Waals surface area contributed by atoms with Gasteiger partial charge in [-0.2, -0.15) is 6.42 Å². The summed E-state index contributed by atoms with van der Waals surface area (Å²) in [6, 6.07) is 38.5. The molecule has 0 atom stereocenters. The van der Waals surface area contributed by atoms with Crippen LogP contribution < -0.4 is 0 Å². The van der Waals surface area contributed by atoms with E-state index >= 15 is 0 Å². The Morgan fingerprint density at radius 1 is 0.568 bits per heavy atom. The van der Waals surface area contributed by atoms with E-state index < -0.39 is 0 Å². The molecule has 0 aliphatic rings. The van der Waals surface area contributed by atoms with Gasteiger partial charge in [0.1, 0.15) is 0 Å². The van der Waals surface area contributed by atoms with E-state index in [0.29, 0.717) is 0 Å². The number of halogens is 2. The van der Waals surface area contributed by atoms with Crippen molar-refractivity contribution in [3.8, 4) is 0 Å². The van der Waals surface area contributed by atoms with Crippen molar-refractivity contribution < 1.29 is 23.3 Å². The van der Waals surface area contributed by atoms with Crippen LogP contribution in [0.1, 0.15) is 32.6 Å². The zero-order valence-electron chi connectivity index (χ0n) is 21.7. The van der Waals surface area contributed by atoms with Crippen LogP contribution in [0.5, 0.6) is 0 Å². The molecule has 0 aromatic heterocycles. The molecule has 0 aliphatic heterocycles. The topological polar surface area (TPSA) is 0 Å². The van der Waals surface area contributed by atoms with Gasteiger partial charge in [0.15, 0.2) is 0 Å². The van der Waals surface area contributed by atoms with Crippen molar-refractivity contribution in [2.24, 2.45) is 0 Å². The molecule has 0 heterocycles. The van der Waals surface area contributed by atoms with Gasteiger partial charge in [0.05, 0.1) is 0 Å². The van der Waals surface area contributed by atoms with Gasteiger partial charge in [0.25, 0.3) is 0 Å². The summed E-state index contributed by atoms with van der Waals surface area (Å²) in [7, 11) is 0.